The molecule has 3 fully saturated rings. The summed E-state index contributed by atoms with van der Waals surface area (Å²) in [6.45, 7) is 1.61. The van der Waals surface area contributed by atoms with Crippen molar-refractivity contribution in [2.24, 2.45) is 17.3 Å². The number of hydrogen-bond donors (Lipinski definition) is 2. The van der Waals surface area contributed by atoms with Gasteiger partial charge in [0.1, 0.15) is 6.61 Å². The number of hydrogen-bond acceptors (Lipinski definition) is 5. The Labute approximate surface area is 203 Å². The van der Waals surface area contributed by atoms with Crippen molar-refractivity contribution in [1.82, 2.24) is 10.2 Å². The normalized spacial score (nSPS) is 28.2. The van der Waals surface area contributed by atoms with Gasteiger partial charge >= 0.3 is 12.1 Å². The van der Waals surface area contributed by atoms with Crippen LogP contribution in [0.15, 0.2) is 48.5 Å². The number of carbonyl (C=O) groups excluding carboxylic acids is 2. The molecule has 182 valence electrons. The van der Waals surface area contributed by atoms with E-state index in [1.807, 2.05) is 24.3 Å². The molecule has 1 saturated carbocycles. The zero-order valence-corrected chi connectivity index (χ0v) is 19.3. The number of nitrogens with one attached hydrogen (secondary N) is 1. The highest BCUT2D eigenvalue weighted by Gasteiger charge is 2.66. The first-order valence-electron chi connectivity index (χ1n) is 12.2. The highest BCUT2D eigenvalue weighted by atomic mass is 16.5. The van der Waals surface area contributed by atoms with Crippen LogP contribution in [0.2, 0.25) is 0 Å². The summed E-state index contributed by atoms with van der Waals surface area (Å²) in [4.78, 5) is 38.5. The molecule has 2 aliphatic carbocycles. The second-order valence-electron chi connectivity index (χ2n) is 10.2. The van der Waals surface area contributed by atoms with Crippen molar-refractivity contribution >= 4 is 18.0 Å². The minimum absolute atomic E-state index is 0.00125. The molecule has 35 heavy (non-hydrogen) atoms. The van der Waals surface area contributed by atoms with Crippen molar-refractivity contribution in [3.05, 3.63) is 59.7 Å². The van der Waals surface area contributed by atoms with E-state index in [0.29, 0.717) is 25.9 Å². The summed E-state index contributed by atoms with van der Waals surface area (Å²) < 4.78 is 11.3. The van der Waals surface area contributed by atoms with Gasteiger partial charge in [-0.2, -0.15) is 0 Å². The van der Waals surface area contributed by atoms with Crippen LogP contribution in [0.1, 0.15) is 29.9 Å². The van der Waals surface area contributed by atoms with Gasteiger partial charge in [0.05, 0.1) is 24.0 Å². The Morgan fingerprint density at radius 3 is 2.43 bits per heavy atom. The lowest BCUT2D eigenvalue weighted by molar-refractivity contribution is -0.144. The van der Waals surface area contributed by atoms with Crippen molar-refractivity contribution in [2.75, 3.05) is 32.8 Å². The second-order valence-corrected chi connectivity index (χ2v) is 10.2. The Balaban J connectivity index is 0.983. The third-order valence-electron chi connectivity index (χ3n) is 8.13. The Bertz CT molecular complexity index is 1150. The van der Waals surface area contributed by atoms with Crippen LogP contribution in [0.5, 0.6) is 0 Å². The number of fused-ring (bicyclic) bond motifs is 4. The minimum Gasteiger partial charge on any atom is -0.481 e. The number of amides is 2. The molecular formula is C27H28N2O6. The van der Waals surface area contributed by atoms with Crippen LogP contribution in [-0.2, 0) is 19.1 Å². The topological polar surface area (TPSA) is 105 Å². The quantitative estimate of drug-likeness (QED) is 0.664. The van der Waals surface area contributed by atoms with Gasteiger partial charge in [0.2, 0.25) is 5.91 Å². The van der Waals surface area contributed by atoms with Crippen LogP contribution in [0.4, 0.5) is 4.79 Å². The van der Waals surface area contributed by atoms with E-state index >= 15 is 0 Å². The van der Waals surface area contributed by atoms with Gasteiger partial charge in [0, 0.05) is 25.6 Å². The fraction of sp³-hybridized carbons (Fsp3) is 0.444. The number of benzene rings is 2. The Kier molecular flexibility index (Phi) is 5.29. The maximum absolute atomic E-state index is 12.9. The molecule has 2 N–H and O–H groups in total. The molecule has 2 amide bonds. The number of carboxylic acid groups (broad SMARTS) is 1. The van der Waals surface area contributed by atoms with E-state index in [9.17, 15) is 19.5 Å². The predicted molar refractivity (Wildman–Crippen MR) is 126 cm³/mol. The van der Waals surface area contributed by atoms with Gasteiger partial charge in [-0.25, -0.2) is 4.79 Å². The number of ether oxygens (including phenoxy) is 2. The smallest absolute Gasteiger partial charge is 0.407 e. The predicted octanol–water partition coefficient (Wildman–Crippen LogP) is 2.86. The van der Waals surface area contributed by atoms with Gasteiger partial charge in [0.15, 0.2) is 0 Å². The Morgan fingerprint density at radius 1 is 1.09 bits per heavy atom. The van der Waals surface area contributed by atoms with E-state index in [1.165, 1.54) is 11.1 Å². The van der Waals surface area contributed by atoms with Crippen LogP contribution in [0.3, 0.4) is 0 Å². The molecule has 2 aromatic carbocycles. The molecule has 2 saturated heterocycles. The number of nitrogens with zero attached hydrogens (tertiary/aromatic N) is 1. The summed E-state index contributed by atoms with van der Waals surface area (Å²) in [6.07, 6.45) is 0.396. The number of aliphatic carboxylic acids is 1. The maximum atomic E-state index is 12.9. The third-order valence-corrected chi connectivity index (χ3v) is 8.13. The molecule has 2 heterocycles. The highest BCUT2D eigenvalue weighted by molar-refractivity contribution is 5.85. The van der Waals surface area contributed by atoms with Crippen LogP contribution in [0.25, 0.3) is 11.1 Å². The second kappa shape index (κ2) is 8.37. The van der Waals surface area contributed by atoms with E-state index < -0.39 is 17.5 Å². The van der Waals surface area contributed by atoms with Crippen LogP contribution in [-0.4, -0.2) is 66.9 Å². The van der Waals surface area contributed by atoms with Gasteiger partial charge in [-0.15, -0.1) is 0 Å². The SMILES string of the molecule is O=C(NC[C@@H]1C[C@H](C(=O)N2CC3CC3(C(=O)O)C2)CO1)OCC1c2ccccc2-c2ccccc21. The van der Waals surface area contributed by atoms with Crippen LogP contribution < -0.4 is 5.32 Å². The van der Waals surface area contributed by atoms with E-state index in [2.05, 4.69) is 29.6 Å². The number of carbonyl (C=O) groups is 3. The number of alkyl carbamates (subject to hydrolysis) is 1. The molecule has 4 aliphatic rings. The lowest BCUT2D eigenvalue weighted by Gasteiger charge is -2.22. The molecule has 2 aliphatic heterocycles. The third kappa shape index (κ3) is 3.76. The Hall–Kier alpha value is -3.39. The molecule has 0 radical (unpaired) electrons. The van der Waals surface area contributed by atoms with Gasteiger partial charge in [-0.1, -0.05) is 48.5 Å². The molecule has 2 aromatic rings. The van der Waals surface area contributed by atoms with Crippen LogP contribution in [0, 0.1) is 17.3 Å². The summed E-state index contributed by atoms with van der Waals surface area (Å²) in [5.74, 6) is -1.06. The average Bonchev–Trinajstić information content (AvgIpc) is 3.21. The minimum atomic E-state index is -0.800. The lowest BCUT2D eigenvalue weighted by atomic mass is 9.98. The Morgan fingerprint density at radius 2 is 1.77 bits per heavy atom. The first kappa shape index (κ1) is 22.1. The first-order valence-corrected chi connectivity index (χ1v) is 12.2. The van der Waals surface area contributed by atoms with E-state index in [4.69, 9.17) is 9.47 Å². The molecule has 4 atom stereocenters. The number of rotatable bonds is 6. The molecule has 0 spiro atoms. The molecule has 6 rings (SSSR count). The van der Waals surface area contributed by atoms with Gasteiger partial charge in [-0.3, -0.25) is 9.59 Å². The van der Waals surface area contributed by atoms with Gasteiger partial charge in [0.25, 0.3) is 0 Å². The first-order chi connectivity index (χ1) is 17.0. The van der Waals surface area contributed by atoms with Crippen molar-refractivity contribution in [3.8, 4) is 11.1 Å². The zero-order valence-electron chi connectivity index (χ0n) is 19.3. The van der Waals surface area contributed by atoms with E-state index in [-0.39, 0.29) is 49.5 Å². The number of likely N-dealkylation sites (tertiary alicyclic amines) is 1. The molecule has 8 heteroatoms. The largest absolute Gasteiger partial charge is 0.481 e. The molecule has 0 aromatic heterocycles. The zero-order chi connectivity index (χ0) is 24.2. The standard InChI is InChI=1S/C27H28N2O6/c30-24(29-12-17-10-27(17,15-29)25(31)32)16-9-18(34-13-16)11-28-26(33)35-14-23-21-7-3-1-5-19(21)20-6-2-4-8-22(20)23/h1-8,16-18,23H,9-15H2,(H,28,33)(H,31,32)/t16-,17?,18-,27?/m0/s1. The number of carboxylic acids is 1. The highest BCUT2D eigenvalue weighted by Crippen LogP contribution is 2.58. The lowest BCUT2D eigenvalue weighted by Crippen LogP contribution is -2.38. The summed E-state index contributed by atoms with van der Waals surface area (Å²) in [5.41, 5.74) is 3.95. The summed E-state index contributed by atoms with van der Waals surface area (Å²) in [6, 6.07) is 16.4. The van der Waals surface area contributed by atoms with Gasteiger partial charge < -0.3 is 24.8 Å². The summed E-state index contributed by atoms with van der Waals surface area (Å²) in [5, 5.41) is 12.2. The van der Waals surface area contributed by atoms with Crippen molar-refractivity contribution in [2.45, 2.75) is 24.9 Å². The average molecular weight is 477 g/mol. The molecular weight excluding hydrogens is 448 g/mol. The molecule has 0 bridgehead atoms. The van der Waals surface area contributed by atoms with Crippen molar-refractivity contribution < 1.29 is 29.0 Å². The van der Waals surface area contributed by atoms with Crippen molar-refractivity contribution in [3.63, 3.8) is 0 Å². The van der Waals surface area contributed by atoms with Crippen LogP contribution >= 0.6 is 0 Å². The summed E-state index contributed by atoms with van der Waals surface area (Å²) in [7, 11) is 0. The van der Waals surface area contributed by atoms with E-state index in [0.717, 1.165) is 11.1 Å². The maximum Gasteiger partial charge on any atom is 0.407 e. The number of piperidine rings is 1. The van der Waals surface area contributed by atoms with Crippen molar-refractivity contribution in [1.29, 1.82) is 0 Å². The summed E-state index contributed by atoms with van der Waals surface area (Å²) >= 11 is 0. The van der Waals surface area contributed by atoms with Gasteiger partial charge in [-0.05, 0) is 41.0 Å². The molecule has 2 unspecified atom stereocenters. The monoisotopic (exact) mass is 476 g/mol. The fourth-order valence-corrected chi connectivity index (χ4v) is 6.11. The fourth-order valence-electron chi connectivity index (χ4n) is 6.11. The molecule has 8 nitrogen and oxygen atoms in total. The van der Waals surface area contributed by atoms with E-state index in [1.54, 1.807) is 4.90 Å².